The van der Waals surface area contributed by atoms with E-state index < -0.39 is 24.4 Å². The van der Waals surface area contributed by atoms with Gasteiger partial charge in [0.25, 0.3) is 0 Å². The molecular formula is C8H16O6. The smallest absolute Gasteiger partial charge is 0.151 e. The Balaban J connectivity index is 4.30. The number of rotatable bonds is 7. The second kappa shape index (κ2) is 6.86. The van der Waals surface area contributed by atoms with E-state index >= 15 is 0 Å². The normalized spacial score (nSPS) is 19.8. The summed E-state index contributed by atoms with van der Waals surface area (Å²) in [5.41, 5.74) is 0. The summed E-state index contributed by atoms with van der Waals surface area (Å²) >= 11 is 0. The molecule has 0 fully saturated rings. The van der Waals surface area contributed by atoms with Gasteiger partial charge in [-0.2, -0.15) is 0 Å². The lowest BCUT2D eigenvalue weighted by Gasteiger charge is -2.26. The van der Waals surface area contributed by atoms with Crippen LogP contribution in [0.1, 0.15) is 0 Å². The average molecular weight is 208 g/mol. The molecule has 0 spiro atoms. The second-order valence-electron chi connectivity index (χ2n) is 2.84. The summed E-state index contributed by atoms with van der Waals surface area (Å²) in [5.74, 6) is 0. The van der Waals surface area contributed by atoms with E-state index in [0.29, 0.717) is 0 Å². The first-order valence-corrected chi connectivity index (χ1v) is 4.09. The minimum Gasteiger partial charge on any atom is -0.388 e. The number of carbonyl (C=O) groups excluding carboxylic acids is 1. The molecule has 14 heavy (non-hydrogen) atoms. The predicted octanol–water partition coefficient (Wildman–Crippen LogP) is -2.07. The van der Waals surface area contributed by atoms with Crippen LogP contribution in [-0.4, -0.2) is 66.8 Å². The van der Waals surface area contributed by atoms with Gasteiger partial charge in [0, 0.05) is 14.2 Å². The fourth-order valence-corrected chi connectivity index (χ4v) is 1.06. The van der Waals surface area contributed by atoms with Gasteiger partial charge in [0.15, 0.2) is 6.29 Å². The van der Waals surface area contributed by atoms with Gasteiger partial charge in [-0.15, -0.1) is 0 Å². The summed E-state index contributed by atoms with van der Waals surface area (Å²) < 4.78 is 9.39. The lowest BCUT2D eigenvalue weighted by Crippen LogP contribution is -2.47. The third-order valence-corrected chi connectivity index (χ3v) is 1.81. The summed E-state index contributed by atoms with van der Waals surface area (Å²) in [5, 5.41) is 27.7. The standard InChI is InChI=1S/C8H16O6/c1-13-4-6(11)8(14-2)7(12)5(10)3-9/h3,5-8,10-12H,4H2,1-2H3/t5-,6+,7+,8+/m0/s1. The molecule has 6 nitrogen and oxygen atoms in total. The maximum absolute atomic E-state index is 10.2. The Morgan fingerprint density at radius 2 is 1.86 bits per heavy atom. The molecule has 0 bridgehead atoms. The van der Waals surface area contributed by atoms with Crippen molar-refractivity contribution in [2.45, 2.75) is 24.4 Å². The number of aldehydes is 1. The number of ether oxygens (including phenoxy) is 2. The third-order valence-electron chi connectivity index (χ3n) is 1.81. The first-order valence-electron chi connectivity index (χ1n) is 4.09. The number of aliphatic hydroxyl groups is 3. The number of aliphatic hydroxyl groups excluding tert-OH is 3. The van der Waals surface area contributed by atoms with E-state index in [1.165, 1.54) is 14.2 Å². The Bertz CT molecular complexity index is 162. The predicted molar refractivity (Wildman–Crippen MR) is 46.8 cm³/mol. The molecule has 0 rings (SSSR count). The molecular weight excluding hydrogens is 192 g/mol. The Kier molecular flexibility index (Phi) is 6.60. The highest BCUT2D eigenvalue weighted by Crippen LogP contribution is 2.08. The highest BCUT2D eigenvalue weighted by atomic mass is 16.5. The lowest BCUT2D eigenvalue weighted by molar-refractivity contribution is -0.144. The number of hydrogen-bond acceptors (Lipinski definition) is 6. The molecule has 0 amide bonds. The van der Waals surface area contributed by atoms with Crippen LogP contribution in [0.3, 0.4) is 0 Å². The zero-order chi connectivity index (χ0) is 11.1. The van der Waals surface area contributed by atoms with E-state index in [0.717, 1.165) is 0 Å². The topological polar surface area (TPSA) is 96.2 Å². The van der Waals surface area contributed by atoms with E-state index in [1.54, 1.807) is 0 Å². The molecule has 0 aromatic rings. The Morgan fingerprint density at radius 1 is 1.29 bits per heavy atom. The van der Waals surface area contributed by atoms with Crippen molar-refractivity contribution in [2.24, 2.45) is 0 Å². The molecule has 0 aliphatic heterocycles. The molecule has 84 valence electrons. The Hall–Kier alpha value is -0.530. The minimum atomic E-state index is -1.58. The van der Waals surface area contributed by atoms with E-state index in [2.05, 4.69) is 4.74 Å². The van der Waals surface area contributed by atoms with Gasteiger partial charge in [-0.05, 0) is 0 Å². The highest BCUT2D eigenvalue weighted by Gasteiger charge is 2.31. The largest absolute Gasteiger partial charge is 0.388 e. The van der Waals surface area contributed by atoms with Gasteiger partial charge in [-0.25, -0.2) is 0 Å². The van der Waals surface area contributed by atoms with E-state index in [-0.39, 0.29) is 12.9 Å². The SMILES string of the molecule is COC[C@@H](O)[C@@H](OC)[C@H](O)[C@@H](O)C=O. The van der Waals surface area contributed by atoms with Crippen molar-refractivity contribution in [2.75, 3.05) is 20.8 Å². The minimum absolute atomic E-state index is 0.0544. The van der Waals surface area contributed by atoms with Gasteiger partial charge in [-0.3, -0.25) is 0 Å². The summed E-state index contributed by atoms with van der Waals surface area (Å²) in [7, 11) is 2.63. The number of hydrogen-bond donors (Lipinski definition) is 3. The Morgan fingerprint density at radius 3 is 2.21 bits per heavy atom. The van der Waals surface area contributed by atoms with Crippen LogP contribution in [0.4, 0.5) is 0 Å². The zero-order valence-corrected chi connectivity index (χ0v) is 8.16. The summed E-state index contributed by atoms with van der Waals surface area (Å²) in [6, 6.07) is 0. The average Bonchev–Trinajstić information content (AvgIpc) is 2.18. The molecule has 0 aliphatic carbocycles. The van der Waals surface area contributed by atoms with Gasteiger partial charge in [0.2, 0.25) is 0 Å². The fourth-order valence-electron chi connectivity index (χ4n) is 1.06. The molecule has 0 radical (unpaired) electrons. The maximum atomic E-state index is 10.2. The molecule has 0 saturated heterocycles. The van der Waals surface area contributed by atoms with Gasteiger partial charge >= 0.3 is 0 Å². The van der Waals surface area contributed by atoms with Crippen molar-refractivity contribution in [1.29, 1.82) is 0 Å². The van der Waals surface area contributed by atoms with E-state index in [4.69, 9.17) is 9.84 Å². The van der Waals surface area contributed by atoms with Crippen molar-refractivity contribution in [1.82, 2.24) is 0 Å². The molecule has 0 aromatic heterocycles. The number of methoxy groups -OCH3 is 2. The molecule has 0 aliphatic rings. The molecule has 0 saturated carbocycles. The molecule has 0 unspecified atom stereocenters. The van der Waals surface area contributed by atoms with Crippen LogP contribution >= 0.6 is 0 Å². The summed E-state index contributed by atoms with van der Waals surface area (Å²) in [6.07, 6.45) is -5.03. The zero-order valence-electron chi connectivity index (χ0n) is 8.16. The van der Waals surface area contributed by atoms with Crippen LogP contribution in [0, 0.1) is 0 Å². The number of carbonyl (C=O) groups is 1. The summed E-state index contributed by atoms with van der Waals surface area (Å²) in [6.45, 7) is -0.0544. The fraction of sp³-hybridized carbons (Fsp3) is 0.875. The van der Waals surface area contributed by atoms with Crippen LogP contribution in [0.15, 0.2) is 0 Å². The van der Waals surface area contributed by atoms with Crippen molar-refractivity contribution in [3.8, 4) is 0 Å². The molecule has 6 heteroatoms. The van der Waals surface area contributed by atoms with Gasteiger partial charge < -0.3 is 29.6 Å². The van der Waals surface area contributed by atoms with E-state index in [9.17, 15) is 15.0 Å². The highest BCUT2D eigenvalue weighted by molar-refractivity contribution is 5.56. The molecule has 4 atom stereocenters. The second-order valence-corrected chi connectivity index (χ2v) is 2.84. The van der Waals surface area contributed by atoms with Crippen LogP contribution in [0.2, 0.25) is 0 Å². The lowest BCUT2D eigenvalue weighted by atomic mass is 10.0. The maximum Gasteiger partial charge on any atom is 0.151 e. The van der Waals surface area contributed by atoms with Crippen LogP contribution in [0.25, 0.3) is 0 Å². The van der Waals surface area contributed by atoms with Crippen LogP contribution in [0.5, 0.6) is 0 Å². The molecule has 3 N–H and O–H groups in total. The first-order chi connectivity index (χ1) is 6.58. The van der Waals surface area contributed by atoms with Crippen molar-refractivity contribution in [3.63, 3.8) is 0 Å². The van der Waals surface area contributed by atoms with Crippen LogP contribution in [-0.2, 0) is 14.3 Å². The van der Waals surface area contributed by atoms with Crippen molar-refractivity contribution >= 4 is 6.29 Å². The van der Waals surface area contributed by atoms with Gasteiger partial charge in [0.1, 0.15) is 24.4 Å². The third kappa shape index (κ3) is 3.69. The monoisotopic (exact) mass is 208 g/mol. The Labute approximate surface area is 82.1 Å². The van der Waals surface area contributed by atoms with Gasteiger partial charge in [-0.1, -0.05) is 0 Å². The quantitative estimate of drug-likeness (QED) is 0.416. The van der Waals surface area contributed by atoms with Crippen molar-refractivity contribution < 1.29 is 29.6 Å². The summed E-state index contributed by atoms with van der Waals surface area (Å²) in [4.78, 5) is 10.2. The van der Waals surface area contributed by atoms with Crippen LogP contribution < -0.4 is 0 Å². The van der Waals surface area contributed by atoms with Gasteiger partial charge in [0.05, 0.1) is 6.61 Å². The molecule has 0 aromatic carbocycles. The first kappa shape index (κ1) is 13.5. The molecule has 0 heterocycles. The van der Waals surface area contributed by atoms with E-state index in [1.807, 2.05) is 0 Å². The van der Waals surface area contributed by atoms with Crippen molar-refractivity contribution in [3.05, 3.63) is 0 Å².